The quantitative estimate of drug-likeness (QED) is 0.780. The van der Waals surface area contributed by atoms with Gasteiger partial charge < -0.3 is 19.7 Å². The van der Waals surface area contributed by atoms with Crippen LogP contribution >= 0.6 is 0 Å². The van der Waals surface area contributed by atoms with Crippen molar-refractivity contribution in [3.05, 3.63) is 18.3 Å². The maximum atomic E-state index is 5.11. The third-order valence-electron chi connectivity index (χ3n) is 3.18. The first-order valence-electron chi connectivity index (χ1n) is 6.34. The summed E-state index contributed by atoms with van der Waals surface area (Å²) in [6, 6.07) is 4.10. The smallest absolute Gasteiger partial charge is 0.173 e. The molecule has 0 amide bonds. The molecular formula is C13H21N3O2. The normalized spacial score (nSPS) is 15.4. The van der Waals surface area contributed by atoms with Crippen molar-refractivity contribution in [2.45, 2.75) is 19.1 Å². The lowest BCUT2D eigenvalue weighted by atomic mass is 10.3. The minimum absolute atomic E-state index is 0.233. The van der Waals surface area contributed by atoms with Crippen molar-refractivity contribution in [2.75, 3.05) is 44.1 Å². The van der Waals surface area contributed by atoms with Crippen LogP contribution in [-0.4, -0.2) is 45.1 Å². The van der Waals surface area contributed by atoms with Gasteiger partial charge in [-0.2, -0.15) is 0 Å². The number of hydrogen-bond acceptors (Lipinski definition) is 5. The largest absolute Gasteiger partial charge is 0.379 e. The van der Waals surface area contributed by atoms with Crippen LogP contribution in [0.1, 0.15) is 12.8 Å². The Hall–Kier alpha value is -1.33. The zero-order valence-corrected chi connectivity index (χ0v) is 11.1. The van der Waals surface area contributed by atoms with E-state index < -0.39 is 0 Å². The summed E-state index contributed by atoms with van der Waals surface area (Å²) in [5, 5.41) is 3.23. The zero-order valence-electron chi connectivity index (χ0n) is 11.1. The van der Waals surface area contributed by atoms with Crippen LogP contribution in [0, 0.1) is 0 Å². The van der Waals surface area contributed by atoms with Crippen molar-refractivity contribution in [3.8, 4) is 0 Å². The van der Waals surface area contributed by atoms with Gasteiger partial charge >= 0.3 is 0 Å². The van der Waals surface area contributed by atoms with Gasteiger partial charge in [-0.1, -0.05) is 0 Å². The first kappa shape index (κ1) is 13.1. The van der Waals surface area contributed by atoms with Crippen LogP contribution in [0.4, 0.5) is 11.5 Å². The number of methoxy groups -OCH3 is 2. The van der Waals surface area contributed by atoms with Crippen LogP contribution in [0.5, 0.6) is 0 Å². The average Bonchev–Trinajstić information content (AvgIpc) is 2.94. The summed E-state index contributed by atoms with van der Waals surface area (Å²) >= 11 is 0. The second-order valence-electron chi connectivity index (χ2n) is 4.38. The minimum atomic E-state index is -0.233. The molecule has 0 bridgehead atoms. The number of ether oxygens (including phenoxy) is 2. The molecule has 0 atom stereocenters. The average molecular weight is 251 g/mol. The Morgan fingerprint density at radius 2 is 2.00 bits per heavy atom. The van der Waals surface area contributed by atoms with E-state index >= 15 is 0 Å². The fraction of sp³-hybridized carbons (Fsp3) is 0.615. The van der Waals surface area contributed by atoms with E-state index in [0.717, 1.165) is 24.6 Å². The van der Waals surface area contributed by atoms with Gasteiger partial charge in [-0.05, 0) is 25.0 Å². The minimum Gasteiger partial charge on any atom is -0.379 e. The van der Waals surface area contributed by atoms with Crippen molar-refractivity contribution >= 4 is 11.5 Å². The molecule has 2 rings (SSSR count). The molecule has 0 unspecified atom stereocenters. The van der Waals surface area contributed by atoms with Gasteiger partial charge in [0.1, 0.15) is 5.82 Å². The van der Waals surface area contributed by atoms with Gasteiger partial charge in [-0.25, -0.2) is 4.98 Å². The predicted octanol–water partition coefficient (Wildman–Crippen LogP) is 1.71. The summed E-state index contributed by atoms with van der Waals surface area (Å²) in [4.78, 5) is 6.79. The molecule has 0 aliphatic carbocycles. The van der Waals surface area contributed by atoms with Gasteiger partial charge in [0, 0.05) is 27.3 Å². The lowest BCUT2D eigenvalue weighted by Crippen LogP contribution is -2.23. The Morgan fingerprint density at radius 3 is 2.56 bits per heavy atom. The molecule has 1 fully saturated rings. The monoisotopic (exact) mass is 251 g/mol. The van der Waals surface area contributed by atoms with Gasteiger partial charge in [-0.15, -0.1) is 0 Å². The maximum absolute atomic E-state index is 5.11. The molecule has 18 heavy (non-hydrogen) atoms. The van der Waals surface area contributed by atoms with Gasteiger partial charge in [0.05, 0.1) is 18.4 Å². The summed E-state index contributed by atoms with van der Waals surface area (Å²) in [6.45, 7) is 2.85. The molecule has 1 saturated heterocycles. The van der Waals surface area contributed by atoms with Gasteiger partial charge in [0.15, 0.2) is 6.29 Å². The number of aromatic nitrogens is 1. The Morgan fingerprint density at radius 1 is 1.28 bits per heavy atom. The molecule has 0 radical (unpaired) electrons. The third kappa shape index (κ3) is 3.34. The topological polar surface area (TPSA) is 46.6 Å². The molecule has 0 spiro atoms. The molecule has 1 aromatic heterocycles. The van der Waals surface area contributed by atoms with Crippen LogP contribution in [0.15, 0.2) is 18.3 Å². The van der Waals surface area contributed by atoms with E-state index in [2.05, 4.69) is 21.3 Å². The van der Waals surface area contributed by atoms with Crippen LogP contribution in [0.2, 0.25) is 0 Å². The fourth-order valence-corrected chi connectivity index (χ4v) is 2.09. The third-order valence-corrected chi connectivity index (χ3v) is 3.18. The molecule has 1 aliphatic heterocycles. The molecule has 0 aromatic carbocycles. The molecule has 1 N–H and O–H groups in total. The lowest BCUT2D eigenvalue weighted by Gasteiger charge is -2.17. The molecular weight excluding hydrogens is 230 g/mol. The Labute approximate surface area is 108 Å². The fourth-order valence-electron chi connectivity index (χ4n) is 2.09. The Balaban J connectivity index is 1.87. The lowest BCUT2D eigenvalue weighted by molar-refractivity contribution is -0.0914. The molecule has 0 saturated carbocycles. The molecule has 5 heteroatoms. The molecule has 2 heterocycles. The van der Waals surface area contributed by atoms with Crippen LogP contribution in [0.25, 0.3) is 0 Å². The van der Waals surface area contributed by atoms with E-state index in [0.29, 0.717) is 6.54 Å². The Kier molecular flexibility index (Phi) is 4.78. The first-order chi connectivity index (χ1) is 8.83. The number of rotatable bonds is 6. The molecule has 100 valence electrons. The van der Waals surface area contributed by atoms with E-state index in [9.17, 15) is 0 Å². The summed E-state index contributed by atoms with van der Waals surface area (Å²) in [5.74, 6) is 1.06. The van der Waals surface area contributed by atoms with Gasteiger partial charge in [-0.3, -0.25) is 0 Å². The highest BCUT2D eigenvalue weighted by Crippen LogP contribution is 2.18. The highest BCUT2D eigenvalue weighted by atomic mass is 16.7. The van der Waals surface area contributed by atoms with Crippen LogP contribution in [0.3, 0.4) is 0 Å². The highest BCUT2D eigenvalue weighted by Gasteiger charge is 2.13. The van der Waals surface area contributed by atoms with Gasteiger partial charge in [0.2, 0.25) is 0 Å². The summed E-state index contributed by atoms with van der Waals surface area (Å²) in [5.41, 5.74) is 0.983. The standard InChI is InChI=1S/C13H21N3O2/c1-17-13(18-2)10-14-11-5-6-12(15-9-11)16-7-3-4-8-16/h5-6,9,13-14H,3-4,7-8,10H2,1-2H3. The first-order valence-corrected chi connectivity index (χ1v) is 6.34. The number of nitrogens with zero attached hydrogens (tertiary/aromatic N) is 2. The summed E-state index contributed by atoms with van der Waals surface area (Å²) in [6.07, 6.45) is 4.16. The molecule has 1 aromatic rings. The van der Waals surface area contributed by atoms with E-state index in [1.165, 1.54) is 12.8 Å². The Bertz CT molecular complexity index is 346. The van der Waals surface area contributed by atoms with Gasteiger partial charge in [0.25, 0.3) is 0 Å². The number of pyridine rings is 1. The predicted molar refractivity (Wildman–Crippen MR) is 72.0 cm³/mol. The maximum Gasteiger partial charge on any atom is 0.173 e. The highest BCUT2D eigenvalue weighted by molar-refractivity contribution is 5.49. The number of nitrogens with one attached hydrogen (secondary N) is 1. The van der Waals surface area contributed by atoms with Crippen molar-refractivity contribution in [1.29, 1.82) is 0 Å². The summed E-state index contributed by atoms with van der Waals surface area (Å²) in [7, 11) is 3.26. The second kappa shape index (κ2) is 6.56. The SMILES string of the molecule is COC(CNc1ccc(N2CCCC2)nc1)OC. The van der Waals surface area contributed by atoms with Crippen molar-refractivity contribution in [1.82, 2.24) is 4.98 Å². The van der Waals surface area contributed by atoms with Crippen LogP contribution in [-0.2, 0) is 9.47 Å². The van der Waals surface area contributed by atoms with Crippen molar-refractivity contribution in [2.24, 2.45) is 0 Å². The van der Waals surface area contributed by atoms with E-state index in [4.69, 9.17) is 9.47 Å². The van der Waals surface area contributed by atoms with Crippen molar-refractivity contribution < 1.29 is 9.47 Å². The number of hydrogen-bond donors (Lipinski definition) is 1. The molecule has 1 aliphatic rings. The van der Waals surface area contributed by atoms with E-state index in [1.807, 2.05) is 12.3 Å². The second-order valence-corrected chi connectivity index (χ2v) is 4.38. The summed E-state index contributed by atoms with van der Waals surface area (Å²) < 4.78 is 10.2. The zero-order chi connectivity index (χ0) is 12.8. The van der Waals surface area contributed by atoms with E-state index in [1.54, 1.807) is 14.2 Å². The molecule has 5 nitrogen and oxygen atoms in total. The van der Waals surface area contributed by atoms with Crippen molar-refractivity contribution in [3.63, 3.8) is 0 Å². The van der Waals surface area contributed by atoms with E-state index in [-0.39, 0.29) is 6.29 Å². The number of anilines is 2. The van der Waals surface area contributed by atoms with Crippen LogP contribution < -0.4 is 10.2 Å².